The first-order valence-corrected chi connectivity index (χ1v) is 13.5. The fraction of sp³-hybridized carbons (Fsp3) is 0.0345. The predicted octanol–water partition coefficient (Wildman–Crippen LogP) is 5.50. The molecule has 10 heteroatoms. The number of esters is 1. The lowest BCUT2D eigenvalue weighted by Gasteiger charge is -2.11. The van der Waals surface area contributed by atoms with Crippen molar-refractivity contribution in [3.63, 3.8) is 0 Å². The van der Waals surface area contributed by atoms with Crippen LogP contribution in [0.3, 0.4) is 0 Å². The molecule has 0 aliphatic heterocycles. The SMILES string of the molecule is COc1cc(/C=N\NC(=O)/C(=C\c2cccs2)NC(=O)c2ccccc2)ccc1OC(=O)c1ccccc1I. The number of carbonyl (C=O) groups excluding carboxylic acids is 3. The molecular formula is C29H22IN3O5S. The van der Waals surface area contributed by atoms with Crippen LogP contribution in [-0.2, 0) is 4.79 Å². The molecule has 0 saturated heterocycles. The maximum atomic E-state index is 12.9. The molecule has 4 aromatic rings. The molecular weight excluding hydrogens is 629 g/mol. The predicted molar refractivity (Wildman–Crippen MR) is 159 cm³/mol. The van der Waals surface area contributed by atoms with Crippen LogP contribution in [0.2, 0.25) is 0 Å². The Labute approximate surface area is 242 Å². The number of nitrogens with one attached hydrogen (secondary N) is 2. The molecule has 196 valence electrons. The molecule has 2 amide bonds. The van der Waals surface area contributed by atoms with Crippen molar-refractivity contribution >= 4 is 64.0 Å². The topological polar surface area (TPSA) is 106 Å². The number of hydrazone groups is 1. The van der Waals surface area contributed by atoms with E-state index >= 15 is 0 Å². The average molecular weight is 651 g/mol. The lowest BCUT2D eigenvalue weighted by atomic mass is 10.2. The van der Waals surface area contributed by atoms with Gasteiger partial charge in [-0.15, -0.1) is 11.3 Å². The van der Waals surface area contributed by atoms with Gasteiger partial charge in [0.25, 0.3) is 11.8 Å². The maximum Gasteiger partial charge on any atom is 0.344 e. The van der Waals surface area contributed by atoms with Crippen molar-refractivity contribution in [2.24, 2.45) is 5.10 Å². The van der Waals surface area contributed by atoms with Crippen molar-refractivity contribution in [3.05, 3.63) is 121 Å². The molecule has 3 aromatic carbocycles. The molecule has 1 aromatic heterocycles. The maximum absolute atomic E-state index is 12.9. The van der Waals surface area contributed by atoms with E-state index in [2.05, 4.69) is 38.4 Å². The second-order valence-electron chi connectivity index (χ2n) is 7.87. The highest BCUT2D eigenvalue weighted by Crippen LogP contribution is 2.29. The number of nitrogens with zero attached hydrogens (tertiary/aromatic N) is 1. The summed E-state index contributed by atoms with van der Waals surface area (Å²) in [6.45, 7) is 0. The van der Waals surface area contributed by atoms with E-state index in [1.54, 1.807) is 66.7 Å². The van der Waals surface area contributed by atoms with E-state index in [4.69, 9.17) is 9.47 Å². The van der Waals surface area contributed by atoms with E-state index in [1.807, 2.05) is 29.6 Å². The van der Waals surface area contributed by atoms with Gasteiger partial charge in [0.15, 0.2) is 11.5 Å². The number of rotatable bonds is 9. The van der Waals surface area contributed by atoms with Crippen molar-refractivity contribution in [2.75, 3.05) is 7.11 Å². The highest BCUT2D eigenvalue weighted by atomic mass is 127. The number of halogens is 1. The standard InChI is InChI=1S/C29H22IN3O5S/c1-37-26-16-19(13-14-25(26)38-29(36)22-11-5-6-12-23(22)30)18-31-33-28(35)24(17-21-10-7-15-39-21)32-27(34)20-8-3-2-4-9-20/h2-18H,1H3,(H,32,34)(H,33,35)/b24-17+,31-18-. The summed E-state index contributed by atoms with van der Waals surface area (Å²) in [6, 6.07) is 24.2. The summed E-state index contributed by atoms with van der Waals surface area (Å²) in [5, 5.41) is 8.54. The lowest BCUT2D eigenvalue weighted by Crippen LogP contribution is -2.32. The normalized spacial score (nSPS) is 11.2. The smallest absolute Gasteiger partial charge is 0.344 e. The Bertz CT molecular complexity index is 1540. The van der Waals surface area contributed by atoms with Gasteiger partial charge in [0.2, 0.25) is 0 Å². The second-order valence-corrected chi connectivity index (χ2v) is 10.0. The van der Waals surface area contributed by atoms with E-state index in [0.29, 0.717) is 22.4 Å². The van der Waals surface area contributed by atoms with Gasteiger partial charge in [-0.2, -0.15) is 5.10 Å². The van der Waals surface area contributed by atoms with Crippen LogP contribution in [-0.4, -0.2) is 31.1 Å². The summed E-state index contributed by atoms with van der Waals surface area (Å²) >= 11 is 3.50. The zero-order valence-corrected chi connectivity index (χ0v) is 23.6. The van der Waals surface area contributed by atoms with Crippen molar-refractivity contribution < 1.29 is 23.9 Å². The van der Waals surface area contributed by atoms with Gasteiger partial charge < -0.3 is 14.8 Å². The number of methoxy groups -OCH3 is 1. The quantitative estimate of drug-likeness (QED) is 0.0621. The molecule has 0 aliphatic carbocycles. The van der Waals surface area contributed by atoms with Gasteiger partial charge in [0, 0.05) is 14.0 Å². The zero-order valence-electron chi connectivity index (χ0n) is 20.6. The Hall–Kier alpha value is -4.29. The second kappa shape index (κ2) is 13.5. The molecule has 4 rings (SSSR count). The minimum absolute atomic E-state index is 0.0406. The number of benzene rings is 3. The van der Waals surface area contributed by atoms with Crippen molar-refractivity contribution in [2.45, 2.75) is 0 Å². The third kappa shape index (κ3) is 7.62. The highest BCUT2D eigenvalue weighted by Gasteiger charge is 2.16. The molecule has 0 unspecified atom stereocenters. The molecule has 1 heterocycles. The summed E-state index contributed by atoms with van der Waals surface area (Å²) in [6.07, 6.45) is 2.99. The average Bonchev–Trinajstić information content (AvgIpc) is 3.47. The van der Waals surface area contributed by atoms with Crippen LogP contribution in [0.5, 0.6) is 11.5 Å². The zero-order chi connectivity index (χ0) is 27.6. The van der Waals surface area contributed by atoms with Crippen LogP contribution in [0.15, 0.2) is 101 Å². The van der Waals surface area contributed by atoms with E-state index in [1.165, 1.54) is 24.7 Å². The summed E-state index contributed by atoms with van der Waals surface area (Å²) in [7, 11) is 1.46. The minimum Gasteiger partial charge on any atom is -0.493 e. The molecule has 0 radical (unpaired) electrons. The number of hydrogen-bond donors (Lipinski definition) is 2. The first-order chi connectivity index (χ1) is 18.9. The molecule has 0 aliphatic rings. The van der Waals surface area contributed by atoms with Crippen LogP contribution in [0.1, 0.15) is 31.2 Å². The van der Waals surface area contributed by atoms with Gasteiger partial charge in [0.1, 0.15) is 5.70 Å². The number of hydrogen-bond acceptors (Lipinski definition) is 7. The first-order valence-electron chi connectivity index (χ1n) is 11.5. The van der Waals surface area contributed by atoms with E-state index in [9.17, 15) is 14.4 Å². The summed E-state index contributed by atoms with van der Waals surface area (Å²) < 4.78 is 11.7. The van der Waals surface area contributed by atoms with Crippen LogP contribution in [0, 0.1) is 3.57 Å². The molecule has 0 saturated carbocycles. The molecule has 0 bridgehead atoms. The molecule has 39 heavy (non-hydrogen) atoms. The highest BCUT2D eigenvalue weighted by molar-refractivity contribution is 14.1. The summed E-state index contributed by atoms with van der Waals surface area (Å²) in [5.74, 6) is -0.961. The molecule has 0 spiro atoms. The third-order valence-electron chi connectivity index (χ3n) is 5.22. The molecule has 8 nitrogen and oxygen atoms in total. The Morgan fingerprint density at radius 2 is 1.69 bits per heavy atom. The molecule has 0 fully saturated rings. The largest absolute Gasteiger partial charge is 0.493 e. The third-order valence-corrected chi connectivity index (χ3v) is 6.98. The van der Waals surface area contributed by atoms with Gasteiger partial charge in [-0.1, -0.05) is 36.4 Å². The van der Waals surface area contributed by atoms with Crippen LogP contribution < -0.4 is 20.2 Å². The Balaban J connectivity index is 1.45. The monoisotopic (exact) mass is 651 g/mol. The summed E-state index contributed by atoms with van der Waals surface area (Å²) in [5.41, 5.74) is 3.92. The van der Waals surface area contributed by atoms with Crippen LogP contribution in [0.25, 0.3) is 6.08 Å². The fourth-order valence-electron chi connectivity index (χ4n) is 3.31. The van der Waals surface area contributed by atoms with Gasteiger partial charge >= 0.3 is 5.97 Å². The van der Waals surface area contributed by atoms with Crippen LogP contribution in [0.4, 0.5) is 0 Å². The minimum atomic E-state index is -0.598. The number of thiophene rings is 1. The van der Waals surface area contributed by atoms with Crippen LogP contribution >= 0.6 is 33.9 Å². The number of amides is 2. The van der Waals surface area contributed by atoms with E-state index in [-0.39, 0.29) is 11.4 Å². The number of carbonyl (C=O) groups is 3. The molecule has 2 N–H and O–H groups in total. The van der Waals surface area contributed by atoms with E-state index in [0.717, 1.165) is 8.45 Å². The van der Waals surface area contributed by atoms with Crippen molar-refractivity contribution in [1.82, 2.24) is 10.7 Å². The first kappa shape index (κ1) is 27.7. The Morgan fingerprint density at radius 3 is 2.41 bits per heavy atom. The van der Waals surface area contributed by atoms with Gasteiger partial charge in [-0.05, 0) is 88.1 Å². The van der Waals surface area contributed by atoms with E-state index < -0.39 is 17.8 Å². The summed E-state index contributed by atoms with van der Waals surface area (Å²) in [4.78, 5) is 38.9. The molecule has 0 atom stereocenters. The van der Waals surface area contributed by atoms with Crippen molar-refractivity contribution in [1.29, 1.82) is 0 Å². The Morgan fingerprint density at radius 1 is 0.923 bits per heavy atom. The Kier molecular flexibility index (Phi) is 9.59. The van der Waals surface area contributed by atoms with Crippen molar-refractivity contribution in [3.8, 4) is 11.5 Å². The van der Waals surface area contributed by atoms with Gasteiger partial charge in [0.05, 0.1) is 18.9 Å². The fourth-order valence-corrected chi connectivity index (χ4v) is 4.58. The van der Waals surface area contributed by atoms with Gasteiger partial charge in [-0.3, -0.25) is 9.59 Å². The van der Waals surface area contributed by atoms with Gasteiger partial charge in [-0.25, -0.2) is 10.2 Å². The lowest BCUT2D eigenvalue weighted by molar-refractivity contribution is -0.117. The number of ether oxygens (including phenoxy) is 2.